The summed E-state index contributed by atoms with van der Waals surface area (Å²) >= 11 is 0. The van der Waals surface area contributed by atoms with E-state index in [0.717, 1.165) is 0 Å². The highest BCUT2D eigenvalue weighted by Gasteiger charge is 2.15. The number of benzene rings is 2. The number of methoxy groups -OCH3 is 4. The number of ether oxygens (including phenoxy) is 4. The fourth-order valence-electron chi connectivity index (χ4n) is 2.31. The summed E-state index contributed by atoms with van der Waals surface area (Å²) in [6.45, 7) is 0. The fourth-order valence-corrected chi connectivity index (χ4v) is 2.31. The maximum Gasteiger partial charge on any atom is 0.203 e. The lowest BCUT2D eigenvalue weighted by atomic mass is 10.1. The van der Waals surface area contributed by atoms with Gasteiger partial charge in [0.15, 0.2) is 28.8 Å². The van der Waals surface area contributed by atoms with E-state index in [1.165, 1.54) is 46.8 Å². The van der Waals surface area contributed by atoms with Gasteiger partial charge in [-0.05, 0) is 24.3 Å². The molecule has 0 amide bonds. The molecule has 0 aliphatic rings. The Morgan fingerprint density at radius 1 is 0.923 bits per heavy atom. The molecular formula is C19H21NO6. The number of carbonyl (C=O) groups excluding carboxylic acids is 1. The van der Waals surface area contributed by atoms with Gasteiger partial charge < -0.3 is 29.4 Å². The van der Waals surface area contributed by atoms with Gasteiger partial charge in [0.05, 0.1) is 28.4 Å². The number of ketones is 1. The van der Waals surface area contributed by atoms with Gasteiger partial charge in [0.1, 0.15) is 0 Å². The minimum absolute atomic E-state index is 0.00172. The van der Waals surface area contributed by atoms with Crippen molar-refractivity contribution in [2.24, 2.45) is 0 Å². The minimum Gasteiger partial charge on any atom is -0.504 e. The van der Waals surface area contributed by atoms with E-state index >= 15 is 0 Å². The SMILES string of the molecule is COc1ccc(N/C=C\C(=O)c2cc(OC)c(OC)c(OC)c2)cc1O. The van der Waals surface area contributed by atoms with Crippen molar-refractivity contribution in [3.05, 3.63) is 48.2 Å². The summed E-state index contributed by atoms with van der Waals surface area (Å²) in [5.41, 5.74) is 0.993. The van der Waals surface area contributed by atoms with Crippen LogP contribution in [0.3, 0.4) is 0 Å². The number of aromatic hydroxyl groups is 1. The van der Waals surface area contributed by atoms with Crippen LogP contribution in [-0.2, 0) is 0 Å². The Morgan fingerprint density at radius 2 is 1.54 bits per heavy atom. The van der Waals surface area contributed by atoms with Crippen LogP contribution < -0.4 is 24.3 Å². The molecule has 0 spiro atoms. The largest absolute Gasteiger partial charge is 0.504 e. The van der Waals surface area contributed by atoms with E-state index < -0.39 is 0 Å². The average Bonchev–Trinajstić information content (AvgIpc) is 2.66. The molecule has 0 heterocycles. The van der Waals surface area contributed by atoms with Crippen LogP contribution in [0.5, 0.6) is 28.7 Å². The molecular weight excluding hydrogens is 338 g/mol. The van der Waals surface area contributed by atoms with Gasteiger partial charge in [-0.1, -0.05) is 0 Å². The number of nitrogens with one attached hydrogen (secondary N) is 1. The van der Waals surface area contributed by atoms with E-state index in [1.807, 2.05) is 0 Å². The second-order valence-electron chi connectivity index (χ2n) is 5.14. The summed E-state index contributed by atoms with van der Waals surface area (Å²) in [6, 6.07) is 7.98. The highest BCUT2D eigenvalue weighted by molar-refractivity contribution is 6.05. The average molecular weight is 359 g/mol. The summed E-state index contributed by atoms with van der Waals surface area (Å²) in [5.74, 6) is 1.33. The molecule has 0 saturated carbocycles. The zero-order chi connectivity index (χ0) is 19.1. The molecule has 0 bridgehead atoms. The third-order valence-electron chi connectivity index (χ3n) is 3.61. The molecule has 2 N–H and O–H groups in total. The normalized spacial score (nSPS) is 10.5. The number of carbonyl (C=O) groups is 1. The lowest BCUT2D eigenvalue weighted by Gasteiger charge is -2.13. The molecule has 26 heavy (non-hydrogen) atoms. The number of hydrogen-bond acceptors (Lipinski definition) is 7. The number of rotatable bonds is 8. The number of phenols is 1. The van der Waals surface area contributed by atoms with Crippen molar-refractivity contribution in [2.75, 3.05) is 33.8 Å². The molecule has 0 radical (unpaired) electrons. The van der Waals surface area contributed by atoms with Crippen molar-refractivity contribution < 1.29 is 28.8 Å². The van der Waals surface area contributed by atoms with Crippen LogP contribution in [0.4, 0.5) is 5.69 Å². The first-order chi connectivity index (χ1) is 12.5. The van der Waals surface area contributed by atoms with Gasteiger partial charge in [0, 0.05) is 29.6 Å². The second-order valence-corrected chi connectivity index (χ2v) is 5.14. The summed E-state index contributed by atoms with van der Waals surface area (Å²) in [7, 11) is 5.94. The lowest BCUT2D eigenvalue weighted by molar-refractivity contribution is 0.104. The van der Waals surface area contributed by atoms with Crippen LogP contribution in [0.15, 0.2) is 42.6 Å². The number of phenolic OH excluding ortho intramolecular Hbond substituents is 1. The Labute approximate surface area is 151 Å². The van der Waals surface area contributed by atoms with Gasteiger partial charge in [-0.3, -0.25) is 4.79 Å². The predicted molar refractivity (Wildman–Crippen MR) is 97.9 cm³/mol. The van der Waals surface area contributed by atoms with Crippen molar-refractivity contribution in [3.63, 3.8) is 0 Å². The van der Waals surface area contributed by atoms with Gasteiger partial charge in [-0.25, -0.2) is 0 Å². The van der Waals surface area contributed by atoms with Crippen LogP contribution in [0.2, 0.25) is 0 Å². The molecule has 7 nitrogen and oxygen atoms in total. The Bertz CT molecular complexity index is 791. The molecule has 2 aromatic rings. The third-order valence-corrected chi connectivity index (χ3v) is 3.61. The van der Waals surface area contributed by atoms with Crippen molar-refractivity contribution >= 4 is 11.5 Å². The van der Waals surface area contributed by atoms with E-state index in [4.69, 9.17) is 18.9 Å². The Balaban J connectivity index is 2.16. The van der Waals surface area contributed by atoms with Crippen LogP contribution in [0, 0.1) is 0 Å². The van der Waals surface area contributed by atoms with E-state index in [-0.39, 0.29) is 11.5 Å². The zero-order valence-electron chi connectivity index (χ0n) is 15.0. The zero-order valence-corrected chi connectivity index (χ0v) is 15.0. The fraction of sp³-hybridized carbons (Fsp3) is 0.211. The smallest absolute Gasteiger partial charge is 0.203 e. The first-order valence-electron chi connectivity index (χ1n) is 7.68. The van der Waals surface area contributed by atoms with Gasteiger partial charge >= 0.3 is 0 Å². The van der Waals surface area contributed by atoms with E-state index in [9.17, 15) is 9.90 Å². The molecule has 0 fully saturated rings. The summed E-state index contributed by atoms with van der Waals surface area (Å²) in [4.78, 5) is 12.4. The predicted octanol–water partition coefficient (Wildman–Crippen LogP) is 3.24. The molecule has 0 unspecified atom stereocenters. The second kappa shape index (κ2) is 8.66. The standard InChI is InChI=1S/C19H21NO6/c1-23-16-6-5-13(11-15(16)22)20-8-7-14(21)12-9-17(24-2)19(26-4)18(10-12)25-3/h5-11,20,22H,1-4H3/b8-7-. The van der Waals surface area contributed by atoms with Crippen LogP contribution in [-0.4, -0.2) is 39.3 Å². The summed E-state index contributed by atoms with van der Waals surface area (Å²) < 4.78 is 20.7. The number of anilines is 1. The van der Waals surface area contributed by atoms with Crippen molar-refractivity contribution in [2.45, 2.75) is 0 Å². The Morgan fingerprint density at radius 3 is 2.04 bits per heavy atom. The van der Waals surface area contributed by atoms with Crippen LogP contribution in [0.25, 0.3) is 0 Å². The summed E-state index contributed by atoms with van der Waals surface area (Å²) in [6.07, 6.45) is 2.84. The monoisotopic (exact) mass is 359 g/mol. The van der Waals surface area contributed by atoms with Crippen molar-refractivity contribution in [1.29, 1.82) is 0 Å². The molecule has 0 saturated heterocycles. The van der Waals surface area contributed by atoms with Crippen LogP contribution in [0.1, 0.15) is 10.4 Å². The molecule has 0 atom stereocenters. The topological polar surface area (TPSA) is 86.3 Å². The van der Waals surface area contributed by atoms with E-state index in [2.05, 4.69) is 5.32 Å². The minimum atomic E-state index is -0.255. The Kier molecular flexibility index (Phi) is 6.32. The molecule has 2 rings (SSSR count). The Hall–Kier alpha value is -3.35. The number of allylic oxidation sites excluding steroid dienone is 1. The molecule has 0 aliphatic carbocycles. The van der Waals surface area contributed by atoms with Gasteiger partial charge in [0.25, 0.3) is 0 Å². The first-order valence-corrected chi connectivity index (χ1v) is 7.68. The molecule has 7 heteroatoms. The maximum atomic E-state index is 12.4. The molecule has 0 aromatic heterocycles. The third kappa shape index (κ3) is 4.18. The van der Waals surface area contributed by atoms with E-state index in [1.54, 1.807) is 24.3 Å². The van der Waals surface area contributed by atoms with Gasteiger partial charge in [-0.15, -0.1) is 0 Å². The quantitative estimate of drug-likeness (QED) is 0.553. The van der Waals surface area contributed by atoms with Gasteiger partial charge in [0.2, 0.25) is 5.75 Å². The molecule has 0 aliphatic heterocycles. The summed E-state index contributed by atoms with van der Waals surface area (Å²) in [5, 5.41) is 12.7. The molecule has 138 valence electrons. The number of hydrogen-bond donors (Lipinski definition) is 2. The van der Waals surface area contributed by atoms with Crippen molar-refractivity contribution in [1.82, 2.24) is 0 Å². The maximum absolute atomic E-state index is 12.4. The highest BCUT2D eigenvalue weighted by Crippen LogP contribution is 2.38. The first kappa shape index (κ1) is 19.0. The van der Waals surface area contributed by atoms with Crippen LogP contribution >= 0.6 is 0 Å². The van der Waals surface area contributed by atoms with E-state index in [0.29, 0.717) is 34.2 Å². The highest BCUT2D eigenvalue weighted by atomic mass is 16.5. The van der Waals surface area contributed by atoms with Gasteiger partial charge in [-0.2, -0.15) is 0 Å². The molecule has 2 aromatic carbocycles. The lowest BCUT2D eigenvalue weighted by Crippen LogP contribution is -2.01. The van der Waals surface area contributed by atoms with Crippen molar-refractivity contribution in [3.8, 4) is 28.7 Å².